The maximum atomic E-state index is 11.7. The molecule has 2 atom stereocenters. The van der Waals surface area contributed by atoms with Gasteiger partial charge in [0.05, 0.1) is 0 Å². The molecule has 0 saturated heterocycles. The first-order valence-corrected chi connectivity index (χ1v) is 6.73. The Balaban J connectivity index is 2.84. The van der Waals surface area contributed by atoms with Crippen molar-refractivity contribution < 1.29 is 9.53 Å². The van der Waals surface area contributed by atoms with Crippen molar-refractivity contribution in [2.45, 2.75) is 46.3 Å². The Kier molecular flexibility index (Phi) is 5.83. The second-order valence-electron chi connectivity index (χ2n) is 4.95. The summed E-state index contributed by atoms with van der Waals surface area (Å²) in [5.74, 6) is 0.636. The molecule has 1 amide bonds. The third-order valence-electron chi connectivity index (χ3n) is 2.78. The number of amides is 1. The van der Waals surface area contributed by atoms with Crippen molar-refractivity contribution in [1.82, 2.24) is 5.32 Å². The number of benzene rings is 1. The van der Waals surface area contributed by atoms with Gasteiger partial charge in [0.25, 0.3) is 5.91 Å². The Labute approximate surface area is 115 Å². The van der Waals surface area contributed by atoms with Crippen molar-refractivity contribution in [3.8, 4) is 5.75 Å². The van der Waals surface area contributed by atoms with E-state index >= 15 is 0 Å². The van der Waals surface area contributed by atoms with Crippen molar-refractivity contribution in [3.05, 3.63) is 29.3 Å². The number of hydrogen-bond acceptors (Lipinski definition) is 3. The van der Waals surface area contributed by atoms with Gasteiger partial charge in [-0.05, 0) is 45.7 Å². The van der Waals surface area contributed by atoms with E-state index in [-0.39, 0.29) is 11.9 Å². The number of rotatable bonds is 6. The van der Waals surface area contributed by atoms with E-state index in [0.717, 1.165) is 23.3 Å². The summed E-state index contributed by atoms with van der Waals surface area (Å²) in [6, 6.07) is 6.00. The molecule has 4 heteroatoms. The summed E-state index contributed by atoms with van der Waals surface area (Å²) in [4.78, 5) is 11.7. The fraction of sp³-hybridized carbons (Fsp3) is 0.533. The third-order valence-corrected chi connectivity index (χ3v) is 2.78. The van der Waals surface area contributed by atoms with Crippen molar-refractivity contribution in [1.29, 1.82) is 0 Å². The van der Waals surface area contributed by atoms with E-state index in [0.29, 0.717) is 6.54 Å². The molecule has 4 nitrogen and oxygen atoms in total. The van der Waals surface area contributed by atoms with E-state index < -0.39 is 6.10 Å². The van der Waals surface area contributed by atoms with Gasteiger partial charge in [-0.2, -0.15) is 0 Å². The second-order valence-corrected chi connectivity index (χ2v) is 4.95. The Morgan fingerprint density at radius 2 is 2.11 bits per heavy atom. The van der Waals surface area contributed by atoms with Crippen LogP contribution in [0.4, 0.5) is 0 Å². The number of nitrogens with one attached hydrogen (secondary N) is 1. The smallest absolute Gasteiger partial charge is 0.260 e. The van der Waals surface area contributed by atoms with E-state index in [1.807, 2.05) is 32.9 Å². The first kappa shape index (κ1) is 15.5. The molecule has 106 valence electrons. The molecule has 1 aromatic rings. The molecular weight excluding hydrogens is 240 g/mol. The van der Waals surface area contributed by atoms with Crippen LogP contribution in [-0.4, -0.2) is 24.6 Å². The average Bonchev–Trinajstić information content (AvgIpc) is 2.32. The summed E-state index contributed by atoms with van der Waals surface area (Å²) in [7, 11) is 0. The zero-order valence-corrected chi connectivity index (χ0v) is 12.2. The number of aryl methyl sites for hydroxylation is 1. The van der Waals surface area contributed by atoms with Crippen LogP contribution in [0.5, 0.6) is 5.75 Å². The first-order valence-electron chi connectivity index (χ1n) is 6.73. The van der Waals surface area contributed by atoms with Gasteiger partial charge in [0.2, 0.25) is 0 Å². The van der Waals surface area contributed by atoms with Crippen LogP contribution in [0.2, 0.25) is 0 Å². The lowest BCUT2D eigenvalue weighted by atomic mass is 10.0. The van der Waals surface area contributed by atoms with Crippen LogP contribution in [0, 0.1) is 6.92 Å². The average molecular weight is 264 g/mol. The topological polar surface area (TPSA) is 64.3 Å². The molecule has 0 aromatic heterocycles. The SMILES string of the molecule is CCNC(=O)C(C)Oc1ccc(C)cc1CC(C)N. The van der Waals surface area contributed by atoms with E-state index in [1.54, 1.807) is 6.92 Å². The molecule has 0 heterocycles. The zero-order valence-electron chi connectivity index (χ0n) is 12.2. The van der Waals surface area contributed by atoms with Gasteiger partial charge in [-0.15, -0.1) is 0 Å². The van der Waals surface area contributed by atoms with E-state index in [2.05, 4.69) is 11.4 Å². The molecule has 3 N–H and O–H groups in total. The summed E-state index contributed by atoms with van der Waals surface area (Å²) in [6.45, 7) is 8.23. The van der Waals surface area contributed by atoms with Gasteiger partial charge < -0.3 is 15.8 Å². The first-order chi connectivity index (χ1) is 8.93. The predicted molar refractivity (Wildman–Crippen MR) is 77.3 cm³/mol. The number of hydrogen-bond donors (Lipinski definition) is 2. The minimum Gasteiger partial charge on any atom is -0.481 e. The largest absolute Gasteiger partial charge is 0.481 e. The number of ether oxygens (including phenoxy) is 1. The maximum Gasteiger partial charge on any atom is 0.260 e. The van der Waals surface area contributed by atoms with Gasteiger partial charge in [-0.3, -0.25) is 4.79 Å². The van der Waals surface area contributed by atoms with Gasteiger partial charge in [0.15, 0.2) is 6.10 Å². The predicted octanol–water partition coefficient (Wildman–Crippen LogP) is 1.79. The molecule has 0 radical (unpaired) electrons. The molecule has 1 rings (SSSR count). The fourth-order valence-corrected chi connectivity index (χ4v) is 1.89. The molecule has 0 bridgehead atoms. The molecule has 0 aliphatic heterocycles. The number of carbonyl (C=O) groups excluding carboxylic acids is 1. The number of carbonyl (C=O) groups is 1. The highest BCUT2D eigenvalue weighted by Crippen LogP contribution is 2.22. The lowest BCUT2D eigenvalue weighted by Gasteiger charge is -2.18. The Morgan fingerprint density at radius 1 is 1.42 bits per heavy atom. The maximum absolute atomic E-state index is 11.7. The highest BCUT2D eigenvalue weighted by molar-refractivity contribution is 5.80. The highest BCUT2D eigenvalue weighted by atomic mass is 16.5. The summed E-state index contributed by atoms with van der Waals surface area (Å²) in [5, 5.41) is 2.75. The van der Waals surface area contributed by atoms with Crippen LogP contribution in [-0.2, 0) is 11.2 Å². The molecular formula is C15H24N2O2. The molecule has 0 fully saturated rings. The van der Waals surface area contributed by atoms with Crippen LogP contribution < -0.4 is 15.8 Å². The van der Waals surface area contributed by atoms with Crippen molar-refractivity contribution in [2.24, 2.45) is 5.73 Å². The molecule has 0 saturated carbocycles. The molecule has 2 unspecified atom stereocenters. The third kappa shape index (κ3) is 4.91. The highest BCUT2D eigenvalue weighted by Gasteiger charge is 2.16. The van der Waals surface area contributed by atoms with Crippen molar-refractivity contribution >= 4 is 5.91 Å². The summed E-state index contributed by atoms with van der Waals surface area (Å²) in [6.07, 6.45) is 0.230. The van der Waals surface area contributed by atoms with Crippen LogP contribution in [0.15, 0.2) is 18.2 Å². The van der Waals surface area contributed by atoms with Gasteiger partial charge >= 0.3 is 0 Å². The van der Waals surface area contributed by atoms with Gasteiger partial charge in [-0.1, -0.05) is 17.7 Å². The van der Waals surface area contributed by atoms with E-state index in [9.17, 15) is 4.79 Å². The van der Waals surface area contributed by atoms with Gasteiger partial charge in [-0.25, -0.2) is 0 Å². The van der Waals surface area contributed by atoms with Crippen molar-refractivity contribution in [3.63, 3.8) is 0 Å². The normalized spacial score (nSPS) is 13.7. The minimum atomic E-state index is -0.505. The van der Waals surface area contributed by atoms with Crippen LogP contribution in [0.25, 0.3) is 0 Å². The quantitative estimate of drug-likeness (QED) is 0.823. The lowest BCUT2D eigenvalue weighted by Crippen LogP contribution is -2.36. The fourth-order valence-electron chi connectivity index (χ4n) is 1.89. The molecule has 0 aliphatic carbocycles. The Hall–Kier alpha value is -1.55. The lowest BCUT2D eigenvalue weighted by molar-refractivity contribution is -0.127. The van der Waals surface area contributed by atoms with Crippen molar-refractivity contribution in [2.75, 3.05) is 6.54 Å². The summed E-state index contributed by atoms with van der Waals surface area (Å²) in [5.41, 5.74) is 8.06. The molecule has 0 spiro atoms. The molecule has 0 aliphatic rings. The van der Waals surface area contributed by atoms with Crippen LogP contribution in [0.3, 0.4) is 0 Å². The van der Waals surface area contributed by atoms with E-state index in [4.69, 9.17) is 10.5 Å². The van der Waals surface area contributed by atoms with E-state index in [1.165, 1.54) is 0 Å². The Bertz CT molecular complexity index is 430. The van der Waals surface area contributed by atoms with Crippen LogP contribution >= 0.6 is 0 Å². The monoisotopic (exact) mass is 264 g/mol. The van der Waals surface area contributed by atoms with Gasteiger partial charge in [0, 0.05) is 12.6 Å². The summed E-state index contributed by atoms with van der Waals surface area (Å²) < 4.78 is 5.75. The Morgan fingerprint density at radius 3 is 2.68 bits per heavy atom. The molecule has 19 heavy (non-hydrogen) atoms. The van der Waals surface area contributed by atoms with Crippen LogP contribution in [0.1, 0.15) is 31.9 Å². The molecule has 1 aromatic carbocycles. The second kappa shape index (κ2) is 7.14. The number of nitrogens with two attached hydrogens (primary N) is 1. The number of likely N-dealkylation sites (N-methyl/N-ethyl adjacent to an activating group) is 1. The minimum absolute atomic E-state index is 0.0592. The zero-order chi connectivity index (χ0) is 14.4. The summed E-state index contributed by atoms with van der Waals surface area (Å²) >= 11 is 0. The standard InChI is InChI=1S/C15H24N2O2/c1-5-17-15(18)12(4)19-14-7-6-10(2)8-13(14)9-11(3)16/h6-8,11-12H,5,9,16H2,1-4H3,(H,17,18). The van der Waals surface area contributed by atoms with Gasteiger partial charge in [0.1, 0.15) is 5.75 Å².